The van der Waals surface area contributed by atoms with Crippen LogP contribution in [-0.2, 0) is 6.42 Å². The molecule has 6 rings (SSSR count). The van der Waals surface area contributed by atoms with Gasteiger partial charge in [-0.15, -0.1) is 0 Å². The first-order chi connectivity index (χ1) is 24.2. The molecule has 3 aliphatic carbocycles. The van der Waals surface area contributed by atoms with Crippen molar-refractivity contribution >= 4 is 0 Å². The van der Waals surface area contributed by atoms with Gasteiger partial charge in [-0.3, -0.25) is 0 Å². The molecule has 4 aliphatic rings. The van der Waals surface area contributed by atoms with Gasteiger partial charge in [0.25, 0.3) is 0 Å². The average Bonchev–Trinajstić information content (AvgIpc) is 3.56. The molecule has 1 saturated carbocycles. The van der Waals surface area contributed by atoms with Crippen molar-refractivity contribution in [3.05, 3.63) is 83.5 Å². The van der Waals surface area contributed by atoms with Crippen molar-refractivity contribution in [2.75, 3.05) is 13.2 Å². The number of aliphatic hydroxyl groups is 5. The van der Waals surface area contributed by atoms with Crippen LogP contribution < -0.4 is 15.8 Å². The minimum atomic E-state index is -1.19. The Hall–Kier alpha value is -3.72. The molecule has 0 bridgehead atoms. The fraction of sp³-hybridized carbons (Fsp3) is 0.550. The van der Waals surface area contributed by atoms with Crippen molar-refractivity contribution in [1.82, 2.24) is 10.3 Å². The highest BCUT2D eigenvalue weighted by molar-refractivity contribution is 5.45. The van der Waals surface area contributed by atoms with Gasteiger partial charge >= 0.3 is 0 Å². The second kappa shape index (κ2) is 16.5. The maximum absolute atomic E-state index is 11.6. The molecule has 0 radical (unpaired) electrons. The zero-order valence-corrected chi connectivity index (χ0v) is 28.6. The first-order valence-electron chi connectivity index (χ1n) is 18.3. The van der Waals surface area contributed by atoms with Crippen LogP contribution >= 0.6 is 0 Å². The SMILES string of the molecule is NC1=CC([C@H](Cc2ccc[nH]2)[C@@H]2CC[C@H](O)[C@H](O)[C@H]2Oc2cc([C@H]3C=C[C@H]4C#C[C@@H](CCO)CCCC[C@H](O)[C@@H]4[C@H](O)C3)ccc2O)=CCN1. The molecule has 0 saturated heterocycles. The summed E-state index contributed by atoms with van der Waals surface area (Å²) in [4.78, 5) is 3.30. The minimum Gasteiger partial charge on any atom is -0.504 e. The van der Waals surface area contributed by atoms with E-state index in [1.165, 1.54) is 0 Å². The van der Waals surface area contributed by atoms with Crippen molar-refractivity contribution in [2.24, 2.45) is 35.3 Å². The zero-order valence-electron chi connectivity index (χ0n) is 28.6. The number of aromatic hydroxyl groups is 1. The predicted octanol–water partition coefficient (Wildman–Crippen LogP) is 3.36. The second-order valence-corrected chi connectivity index (χ2v) is 14.5. The van der Waals surface area contributed by atoms with E-state index >= 15 is 0 Å². The lowest BCUT2D eigenvalue weighted by Gasteiger charge is -2.42. The summed E-state index contributed by atoms with van der Waals surface area (Å²) in [5.74, 6) is 6.06. The van der Waals surface area contributed by atoms with E-state index in [0.29, 0.717) is 50.9 Å². The Labute approximate surface area is 294 Å². The van der Waals surface area contributed by atoms with Gasteiger partial charge in [0.05, 0.1) is 24.1 Å². The number of hydrogen-bond acceptors (Lipinski definition) is 9. The van der Waals surface area contributed by atoms with Gasteiger partial charge < -0.3 is 51.4 Å². The highest BCUT2D eigenvalue weighted by Gasteiger charge is 2.44. The summed E-state index contributed by atoms with van der Waals surface area (Å²) in [6.07, 6.45) is 11.2. The van der Waals surface area contributed by atoms with E-state index < -0.39 is 36.4 Å². The number of allylic oxidation sites excluding steroid dienone is 4. The normalized spacial score (nSPS) is 33.7. The lowest BCUT2D eigenvalue weighted by atomic mass is 9.70. The van der Waals surface area contributed by atoms with Crippen LogP contribution in [0.2, 0.25) is 0 Å². The Morgan fingerprint density at radius 2 is 1.80 bits per heavy atom. The molecule has 1 aromatic carbocycles. The molecule has 2 aromatic rings. The summed E-state index contributed by atoms with van der Waals surface area (Å²) in [5.41, 5.74) is 9.05. The predicted molar refractivity (Wildman–Crippen MR) is 191 cm³/mol. The van der Waals surface area contributed by atoms with E-state index in [1.54, 1.807) is 18.2 Å². The summed E-state index contributed by atoms with van der Waals surface area (Å²) < 4.78 is 6.56. The van der Waals surface area contributed by atoms with E-state index in [9.17, 15) is 30.6 Å². The van der Waals surface area contributed by atoms with E-state index in [4.69, 9.17) is 10.5 Å². The molecule has 1 fully saturated rings. The van der Waals surface area contributed by atoms with Crippen LogP contribution in [0.15, 0.2) is 72.2 Å². The number of ether oxygens (including phenoxy) is 1. The molecule has 1 aromatic heterocycles. The monoisotopic (exact) mass is 687 g/mol. The Balaban J connectivity index is 1.29. The third kappa shape index (κ3) is 8.42. The number of dihydropyridines is 1. The molecule has 2 heterocycles. The largest absolute Gasteiger partial charge is 0.504 e. The fourth-order valence-corrected chi connectivity index (χ4v) is 8.44. The molecular formula is C40H53N3O7. The standard InChI is InChI=1S/C40H53N3O7/c41-37-22-28(15-18-43-37)31(23-29-5-3-17-42-29)30-12-14-34(47)39(49)40(30)50-36-21-27(11-13-32(36)45)26-10-9-25-8-7-24(16-19-44)4-1-2-6-33(46)38(25)35(48)20-26/h3,5,9-11,13,15,17,21-22,24-26,30-31,33-35,38-40,42-49H,1-2,4,6,12,14,16,18-20,23,41H2/t24-,25+,26-,30-,31-,33-,34-,35+,38+,39-,40-/m0/s1. The van der Waals surface area contributed by atoms with Gasteiger partial charge in [0.1, 0.15) is 12.2 Å². The van der Waals surface area contributed by atoms with Gasteiger partial charge in [-0.25, -0.2) is 0 Å². The molecule has 50 heavy (non-hydrogen) atoms. The van der Waals surface area contributed by atoms with E-state index in [2.05, 4.69) is 28.2 Å². The Morgan fingerprint density at radius 3 is 2.58 bits per heavy atom. The number of aliphatic hydroxyl groups excluding tert-OH is 5. The minimum absolute atomic E-state index is 0.0773. The van der Waals surface area contributed by atoms with E-state index in [-0.39, 0.29) is 47.7 Å². The molecule has 10 N–H and O–H groups in total. The number of aromatic amines is 1. The summed E-state index contributed by atoms with van der Waals surface area (Å²) in [7, 11) is 0. The van der Waals surface area contributed by atoms with Gasteiger partial charge in [0, 0.05) is 54.6 Å². The number of aromatic nitrogens is 1. The molecule has 0 unspecified atom stereocenters. The first kappa shape index (κ1) is 36.1. The number of rotatable bonds is 9. The van der Waals surface area contributed by atoms with Crippen LogP contribution in [-0.4, -0.2) is 79.3 Å². The number of phenols is 1. The smallest absolute Gasteiger partial charge is 0.161 e. The van der Waals surface area contributed by atoms with Crippen molar-refractivity contribution in [3.8, 4) is 23.3 Å². The summed E-state index contributed by atoms with van der Waals surface area (Å²) in [6.45, 7) is 0.660. The molecule has 270 valence electrons. The Morgan fingerprint density at radius 1 is 0.960 bits per heavy atom. The van der Waals surface area contributed by atoms with Crippen LogP contribution in [0.3, 0.4) is 0 Å². The van der Waals surface area contributed by atoms with Crippen LogP contribution in [0.25, 0.3) is 0 Å². The van der Waals surface area contributed by atoms with E-state index in [0.717, 1.165) is 36.1 Å². The number of phenolic OH excluding ortho intramolecular Hbond substituents is 1. The molecule has 1 aliphatic heterocycles. The highest BCUT2D eigenvalue weighted by atomic mass is 16.5. The van der Waals surface area contributed by atoms with Gasteiger partial charge in [0.15, 0.2) is 11.5 Å². The van der Waals surface area contributed by atoms with Gasteiger partial charge in [-0.2, -0.15) is 0 Å². The zero-order chi connectivity index (χ0) is 35.2. The van der Waals surface area contributed by atoms with Crippen LogP contribution in [0.5, 0.6) is 11.5 Å². The van der Waals surface area contributed by atoms with Crippen molar-refractivity contribution in [2.45, 2.75) is 94.2 Å². The molecule has 10 heteroatoms. The van der Waals surface area contributed by atoms with Gasteiger partial charge in [0.2, 0.25) is 0 Å². The second-order valence-electron chi connectivity index (χ2n) is 14.5. The van der Waals surface area contributed by atoms with Gasteiger partial charge in [-0.1, -0.05) is 49.0 Å². The molecule has 11 atom stereocenters. The van der Waals surface area contributed by atoms with Crippen LogP contribution in [0.4, 0.5) is 0 Å². The summed E-state index contributed by atoms with van der Waals surface area (Å²) >= 11 is 0. The summed E-state index contributed by atoms with van der Waals surface area (Å²) in [5, 5.41) is 68.7. The average molecular weight is 688 g/mol. The number of hydrogen-bond donors (Lipinski definition) is 9. The van der Waals surface area contributed by atoms with Crippen molar-refractivity contribution in [3.63, 3.8) is 0 Å². The highest BCUT2D eigenvalue weighted by Crippen LogP contribution is 2.43. The third-order valence-electron chi connectivity index (χ3n) is 11.2. The van der Waals surface area contributed by atoms with Gasteiger partial charge in [-0.05, 0) is 92.3 Å². The fourth-order valence-electron chi connectivity index (χ4n) is 8.44. The molecule has 0 amide bonds. The lowest BCUT2D eigenvalue weighted by Crippen LogP contribution is -2.52. The number of nitrogens with one attached hydrogen (secondary N) is 2. The van der Waals surface area contributed by atoms with Crippen LogP contribution in [0, 0.1) is 41.4 Å². The van der Waals surface area contributed by atoms with Crippen LogP contribution in [0.1, 0.15) is 68.5 Å². The Kier molecular flexibility index (Phi) is 11.9. The third-order valence-corrected chi connectivity index (χ3v) is 11.2. The van der Waals surface area contributed by atoms with Crippen molar-refractivity contribution in [1.29, 1.82) is 0 Å². The van der Waals surface area contributed by atoms with Crippen molar-refractivity contribution < 1.29 is 35.4 Å². The number of fused-ring (bicyclic) bond motifs is 1. The number of H-pyrrole nitrogens is 1. The topological polar surface area (TPSA) is 184 Å². The Bertz CT molecular complexity index is 1580. The molecular weight excluding hydrogens is 634 g/mol. The number of benzene rings is 1. The molecule has 0 spiro atoms. The summed E-state index contributed by atoms with van der Waals surface area (Å²) in [6, 6.07) is 9.10. The quantitative estimate of drug-likeness (QED) is 0.141. The van der Waals surface area contributed by atoms with E-state index in [1.807, 2.05) is 36.6 Å². The number of nitrogens with two attached hydrogens (primary N) is 1. The molecule has 10 nitrogen and oxygen atoms in total. The first-order valence-corrected chi connectivity index (χ1v) is 18.3. The maximum atomic E-state index is 11.6. The maximum Gasteiger partial charge on any atom is 0.161 e. The lowest BCUT2D eigenvalue weighted by molar-refractivity contribution is -0.108.